The van der Waals surface area contributed by atoms with Crippen molar-refractivity contribution in [3.63, 3.8) is 0 Å². The van der Waals surface area contributed by atoms with Crippen LogP contribution in [-0.4, -0.2) is 24.8 Å². The largest absolute Gasteiger partial charge is 0.299 e. The Morgan fingerprint density at radius 2 is 2.25 bits per heavy atom. The van der Waals surface area contributed by atoms with Gasteiger partial charge in [-0.3, -0.25) is 4.84 Å². The summed E-state index contributed by atoms with van der Waals surface area (Å²) in [4.78, 5) is 5.26. The van der Waals surface area contributed by atoms with Gasteiger partial charge in [0.05, 0.1) is 6.61 Å². The minimum absolute atomic E-state index is 0.889. The third-order valence-electron chi connectivity index (χ3n) is 1.29. The third kappa shape index (κ3) is 1.46. The summed E-state index contributed by atoms with van der Waals surface area (Å²) in [5.74, 6) is 0. The molecule has 0 aromatic rings. The molecular weight excluding hydrogens is 102 g/mol. The number of hydrogen-bond donors (Lipinski definition) is 0. The van der Waals surface area contributed by atoms with Crippen LogP contribution >= 0.6 is 0 Å². The highest BCUT2D eigenvalue weighted by Gasteiger charge is 2.12. The summed E-state index contributed by atoms with van der Waals surface area (Å²) in [7, 11) is 0. The fourth-order valence-corrected chi connectivity index (χ4v) is 0.637. The van der Waals surface area contributed by atoms with Crippen LogP contribution < -0.4 is 0 Å². The van der Waals surface area contributed by atoms with E-state index in [0.29, 0.717) is 0 Å². The van der Waals surface area contributed by atoms with Gasteiger partial charge < -0.3 is 0 Å². The van der Waals surface area contributed by atoms with E-state index in [-0.39, 0.29) is 0 Å². The van der Waals surface area contributed by atoms with E-state index in [0.717, 1.165) is 26.1 Å². The van der Waals surface area contributed by atoms with Gasteiger partial charge in [-0.05, 0) is 12.8 Å². The van der Waals surface area contributed by atoms with Crippen molar-refractivity contribution in [2.45, 2.75) is 19.8 Å². The van der Waals surface area contributed by atoms with E-state index in [1.807, 2.05) is 5.06 Å². The van der Waals surface area contributed by atoms with Crippen LogP contribution in [0.4, 0.5) is 0 Å². The van der Waals surface area contributed by atoms with Crippen LogP contribution in [0.1, 0.15) is 19.8 Å². The van der Waals surface area contributed by atoms with Gasteiger partial charge in [0, 0.05) is 13.1 Å². The molecule has 1 aliphatic rings. The molecule has 1 heterocycles. The Bertz CT molecular complexity index is 61.5. The lowest BCUT2D eigenvalue weighted by atomic mass is 10.3. The molecule has 0 radical (unpaired) electrons. The van der Waals surface area contributed by atoms with Gasteiger partial charge in [0.2, 0.25) is 0 Å². The molecule has 2 heteroatoms. The summed E-state index contributed by atoms with van der Waals surface area (Å²) in [5.41, 5.74) is 0. The van der Waals surface area contributed by atoms with Gasteiger partial charge in [0.1, 0.15) is 0 Å². The fourth-order valence-electron chi connectivity index (χ4n) is 0.637. The van der Waals surface area contributed by atoms with Crippen molar-refractivity contribution in [1.29, 1.82) is 0 Å². The van der Waals surface area contributed by atoms with E-state index < -0.39 is 0 Å². The molecule has 8 heavy (non-hydrogen) atoms. The summed E-state index contributed by atoms with van der Waals surface area (Å²) in [6.45, 7) is 5.29. The van der Waals surface area contributed by atoms with Gasteiger partial charge >= 0.3 is 0 Å². The Kier molecular flexibility index (Phi) is 2.30. The third-order valence-corrected chi connectivity index (χ3v) is 1.29. The van der Waals surface area contributed by atoms with Crippen LogP contribution in [-0.2, 0) is 4.84 Å². The molecule has 0 N–H and O–H groups in total. The number of hydrogen-bond acceptors (Lipinski definition) is 2. The quantitative estimate of drug-likeness (QED) is 0.544. The number of nitrogens with zero attached hydrogens (tertiary/aromatic N) is 1. The van der Waals surface area contributed by atoms with E-state index in [9.17, 15) is 0 Å². The highest BCUT2D eigenvalue weighted by molar-refractivity contribution is 4.57. The first kappa shape index (κ1) is 6.05. The lowest BCUT2D eigenvalue weighted by molar-refractivity contribution is -0.196. The predicted molar refractivity (Wildman–Crippen MR) is 32.4 cm³/mol. The second-order valence-electron chi connectivity index (χ2n) is 2.12. The van der Waals surface area contributed by atoms with Crippen LogP contribution in [0.15, 0.2) is 0 Å². The molecule has 0 spiro atoms. The van der Waals surface area contributed by atoms with E-state index in [1.165, 1.54) is 6.42 Å². The lowest BCUT2D eigenvalue weighted by Gasteiger charge is -2.29. The molecule has 0 aromatic heterocycles. The van der Waals surface area contributed by atoms with Gasteiger partial charge in [-0.25, -0.2) is 0 Å². The van der Waals surface area contributed by atoms with Gasteiger partial charge in [0.15, 0.2) is 0 Å². The zero-order valence-corrected chi connectivity index (χ0v) is 5.39. The normalized spacial score (nSPS) is 20.6. The van der Waals surface area contributed by atoms with Crippen molar-refractivity contribution in [1.82, 2.24) is 5.06 Å². The van der Waals surface area contributed by atoms with E-state index in [2.05, 4.69) is 6.92 Å². The Balaban J connectivity index is 1.86. The highest BCUT2D eigenvalue weighted by Crippen LogP contribution is 2.05. The fraction of sp³-hybridized carbons (Fsp3) is 1.00. The average molecular weight is 115 g/mol. The second-order valence-corrected chi connectivity index (χ2v) is 2.12. The molecule has 0 saturated carbocycles. The minimum Gasteiger partial charge on any atom is -0.299 e. The molecule has 0 amide bonds. The van der Waals surface area contributed by atoms with Crippen LogP contribution in [0.5, 0.6) is 0 Å². The van der Waals surface area contributed by atoms with Crippen LogP contribution in [0.25, 0.3) is 0 Å². The molecule has 1 fully saturated rings. The molecular formula is C6H13NO. The smallest absolute Gasteiger partial charge is 0.0682 e. The predicted octanol–water partition coefficient (Wildman–Crippen LogP) is 1.03. The second kappa shape index (κ2) is 3.05. The minimum atomic E-state index is 0.889. The highest BCUT2D eigenvalue weighted by atomic mass is 16.7. The summed E-state index contributed by atoms with van der Waals surface area (Å²) in [6.07, 6.45) is 2.43. The monoisotopic (exact) mass is 115 g/mol. The molecule has 0 unspecified atom stereocenters. The number of hydroxylamine groups is 2. The molecule has 0 aromatic carbocycles. The Morgan fingerprint density at radius 3 is 2.62 bits per heavy atom. The molecule has 48 valence electrons. The van der Waals surface area contributed by atoms with Crippen molar-refractivity contribution in [2.75, 3.05) is 19.7 Å². The SMILES string of the molecule is CCCON1CCC1. The van der Waals surface area contributed by atoms with Crippen molar-refractivity contribution >= 4 is 0 Å². The number of rotatable bonds is 3. The average Bonchev–Trinajstić information content (AvgIpc) is 1.63. The van der Waals surface area contributed by atoms with Gasteiger partial charge in [-0.1, -0.05) is 6.92 Å². The first-order chi connectivity index (χ1) is 3.93. The molecule has 1 rings (SSSR count). The molecule has 0 atom stereocenters. The summed E-state index contributed by atoms with van der Waals surface area (Å²) in [5, 5.41) is 2.02. The van der Waals surface area contributed by atoms with Crippen LogP contribution in [0.3, 0.4) is 0 Å². The van der Waals surface area contributed by atoms with E-state index in [4.69, 9.17) is 4.84 Å². The van der Waals surface area contributed by atoms with Gasteiger partial charge in [0.25, 0.3) is 0 Å². The molecule has 1 aliphatic heterocycles. The summed E-state index contributed by atoms with van der Waals surface area (Å²) >= 11 is 0. The van der Waals surface area contributed by atoms with Crippen molar-refractivity contribution < 1.29 is 4.84 Å². The van der Waals surface area contributed by atoms with Crippen LogP contribution in [0.2, 0.25) is 0 Å². The standard InChI is InChI=1S/C6H13NO/c1-2-6-8-7-4-3-5-7/h2-6H2,1H3. The van der Waals surface area contributed by atoms with Crippen LogP contribution in [0, 0.1) is 0 Å². The Labute approximate surface area is 50.4 Å². The summed E-state index contributed by atoms with van der Waals surface area (Å²) < 4.78 is 0. The van der Waals surface area contributed by atoms with Crippen molar-refractivity contribution in [3.05, 3.63) is 0 Å². The first-order valence-electron chi connectivity index (χ1n) is 3.31. The van der Waals surface area contributed by atoms with Crippen molar-refractivity contribution in [3.8, 4) is 0 Å². The first-order valence-corrected chi connectivity index (χ1v) is 3.31. The molecule has 0 aliphatic carbocycles. The lowest BCUT2D eigenvalue weighted by Crippen LogP contribution is -2.37. The van der Waals surface area contributed by atoms with E-state index >= 15 is 0 Å². The van der Waals surface area contributed by atoms with Gasteiger partial charge in [-0.2, -0.15) is 5.06 Å². The zero-order chi connectivity index (χ0) is 5.82. The maximum absolute atomic E-state index is 5.26. The van der Waals surface area contributed by atoms with Gasteiger partial charge in [-0.15, -0.1) is 0 Å². The maximum Gasteiger partial charge on any atom is 0.0682 e. The van der Waals surface area contributed by atoms with E-state index in [1.54, 1.807) is 0 Å². The maximum atomic E-state index is 5.26. The summed E-state index contributed by atoms with van der Waals surface area (Å²) in [6, 6.07) is 0. The van der Waals surface area contributed by atoms with Crippen molar-refractivity contribution in [2.24, 2.45) is 0 Å². The molecule has 2 nitrogen and oxygen atoms in total. The Hall–Kier alpha value is -0.0800. The zero-order valence-electron chi connectivity index (χ0n) is 5.39. The topological polar surface area (TPSA) is 12.5 Å². The molecule has 1 saturated heterocycles. The Morgan fingerprint density at radius 1 is 1.50 bits per heavy atom. The molecule has 0 bridgehead atoms.